The van der Waals surface area contributed by atoms with Crippen LogP contribution in [0, 0.1) is 29.8 Å². The van der Waals surface area contributed by atoms with E-state index in [4.69, 9.17) is 0 Å². The topological polar surface area (TPSA) is 101 Å². The third-order valence-corrected chi connectivity index (χ3v) is 6.31. The SMILES string of the molecule is Cc1ccc([C@@H]2[C@H](N3C(=O)c4ccc([N+](=O)[O-])cc4C3=O)C(=O)N2c2ccc(C)c(F)c2)cc1. The number of halogens is 1. The average Bonchev–Trinajstić information content (AvgIpc) is 3.05. The molecule has 0 unspecified atom stereocenters. The molecule has 5 rings (SSSR count). The Kier molecular flexibility index (Phi) is 4.78. The Morgan fingerprint density at radius 2 is 1.50 bits per heavy atom. The number of nitro groups is 1. The van der Waals surface area contributed by atoms with Gasteiger partial charge in [-0.3, -0.25) is 29.4 Å². The number of carbonyl (C=O) groups excluding carboxylic acids is 3. The summed E-state index contributed by atoms with van der Waals surface area (Å²) in [5.74, 6) is -2.49. The fourth-order valence-corrected chi connectivity index (χ4v) is 4.45. The number of benzene rings is 3. The van der Waals surface area contributed by atoms with Crippen LogP contribution in [0.1, 0.15) is 43.4 Å². The molecule has 1 saturated heterocycles. The van der Waals surface area contributed by atoms with E-state index in [1.54, 1.807) is 31.2 Å². The van der Waals surface area contributed by atoms with Crippen LogP contribution in [0.4, 0.5) is 15.8 Å². The predicted molar refractivity (Wildman–Crippen MR) is 120 cm³/mol. The first-order valence-electron chi connectivity index (χ1n) is 10.5. The van der Waals surface area contributed by atoms with Crippen molar-refractivity contribution < 1.29 is 23.7 Å². The Hall–Kier alpha value is -4.40. The summed E-state index contributed by atoms with van der Waals surface area (Å²) >= 11 is 0. The summed E-state index contributed by atoms with van der Waals surface area (Å²) in [6.45, 7) is 3.51. The van der Waals surface area contributed by atoms with Crippen LogP contribution < -0.4 is 4.90 Å². The molecule has 0 spiro atoms. The highest BCUT2D eigenvalue weighted by molar-refractivity contribution is 6.25. The molecule has 3 aromatic carbocycles. The molecule has 1 fully saturated rings. The summed E-state index contributed by atoms with van der Waals surface area (Å²) in [6, 6.07) is 13.2. The number of aryl methyl sites for hydroxylation is 2. The maximum atomic E-state index is 14.3. The van der Waals surface area contributed by atoms with E-state index in [9.17, 15) is 28.9 Å². The van der Waals surface area contributed by atoms with Gasteiger partial charge in [0.1, 0.15) is 11.9 Å². The van der Waals surface area contributed by atoms with E-state index in [2.05, 4.69) is 0 Å². The second kappa shape index (κ2) is 7.58. The van der Waals surface area contributed by atoms with Crippen molar-refractivity contribution >= 4 is 29.1 Å². The van der Waals surface area contributed by atoms with Crippen molar-refractivity contribution in [2.24, 2.45) is 0 Å². The van der Waals surface area contributed by atoms with Gasteiger partial charge in [0.25, 0.3) is 23.4 Å². The van der Waals surface area contributed by atoms with Gasteiger partial charge in [0.2, 0.25) is 0 Å². The molecule has 0 aromatic heterocycles. The van der Waals surface area contributed by atoms with Crippen LogP contribution in [0.3, 0.4) is 0 Å². The van der Waals surface area contributed by atoms with Crippen molar-refractivity contribution in [3.63, 3.8) is 0 Å². The third-order valence-electron chi connectivity index (χ3n) is 6.31. The number of rotatable bonds is 4. The van der Waals surface area contributed by atoms with Gasteiger partial charge in [-0.25, -0.2) is 4.39 Å². The van der Waals surface area contributed by atoms with Crippen LogP contribution in [0.5, 0.6) is 0 Å². The highest BCUT2D eigenvalue weighted by Gasteiger charge is 2.57. The summed E-state index contributed by atoms with van der Waals surface area (Å²) in [5.41, 5.74) is 1.93. The lowest BCUT2D eigenvalue weighted by Gasteiger charge is -2.49. The fourth-order valence-electron chi connectivity index (χ4n) is 4.45. The molecular formula is C25H18FN3O5. The van der Waals surface area contributed by atoms with Crippen molar-refractivity contribution in [3.05, 3.63) is 104 Å². The molecule has 2 aliphatic heterocycles. The van der Waals surface area contributed by atoms with E-state index < -0.39 is 40.5 Å². The number of anilines is 1. The van der Waals surface area contributed by atoms with Gasteiger partial charge in [-0.2, -0.15) is 0 Å². The molecule has 0 saturated carbocycles. The molecule has 2 aliphatic rings. The standard InChI is InChI=1S/C25H18FN3O5/c1-13-3-6-15(7-4-13)21-22(25(32)27(21)16-8-5-14(2)20(26)12-16)28-23(30)18-10-9-17(29(33)34)11-19(18)24(28)31/h3-12,21-22H,1-2H3/t21-,22+/m1/s1. The van der Waals surface area contributed by atoms with E-state index in [0.717, 1.165) is 22.6 Å². The van der Waals surface area contributed by atoms with Crippen LogP contribution in [-0.4, -0.2) is 33.6 Å². The third kappa shape index (κ3) is 3.08. The van der Waals surface area contributed by atoms with E-state index in [0.29, 0.717) is 16.8 Å². The number of imide groups is 1. The van der Waals surface area contributed by atoms with Gasteiger partial charge in [-0.05, 0) is 43.2 Å². The number of nitro benzene ring substituents is 1. The van der Waals surface area contributed by atoms with E-state index in [-0.39, 0.29) is 16.8 Å². The van der Waals surface area contributed by atoms with Crippen molar-refractivity contribution in [1.29, 1.82) is 0 Å². The highest BCUT2D eigenvalue weighted by atomic mass is 19.1. The zero-order valence-corrected chi connectivity index (χ0v) is 18.2. The van der Waals surface area contributed by atoms with Crippen molar-refractivity contribution in [2.75, 3.05) is 4.90 Å². The summed E-state index contributed by atoms with van der Waals surface area (Å²) in [5, 5.41) is 11.1. The molecule has 3 aromatic rings. The van der Waals surface area contributed by atoms with Gasteiger partial charge >= 0.3 is 0 Å². The van der Waals surface area contributed by atoms with Gasteiger partial charge in [0.15, 0.2) is 0 Å². The largest absolute Gasteiger partial charge is 0.300 e. The van der Waals surface area contributed by atoms with Gasteiger partial charge in [-0.1, -0.05) is 35.9 Å². The Balaban J connectivity index is 1.58. The molecule has 3 amide bonds. The minimum absolute atomic E-state index is 0.00545. The normalized spacial score (nSPS) is 19.3. The Bertz CT molecular complexity index is 1400. The Labute approximate surface area is 193 Å². The lowest BCUT2D eigenvalue weighted by Crippen LogP contribution is -2.67. The van der Waals surface area contributed by atoms with Gasteiger partial charge < -0.3 is 4.90 Å². The van der Waals surface area contributed by atoms with Crippen LogP contribution in [0.15, 0.2) is 60.7 Å². The minimum atomic E-state index is -1.17. The number of hydrogen-bond acceptors (Lipinski definition) is 5. The number of carbonyl (C=O) groups is 3. The summed E-state index contributed by atoms with van der Waals surface area (Å²) in [7, 11) is 0. The van der Waals surface area contributed by atoms with E-state index in [1.165, 1.54) is 17.0 Å². The van der Waals surface area contributed by atoms with Crippen LogP contribution in [0.25, 0.3) is 0 Å². The van der Waals surface area contributed by atoms with Crippen LogP contribution in [-0.2, 0) is 4.79 Å². The lowest BCUT2D eigenvalue weighted by molar-refractivity contribution is -0.384. The molecule has 170 valence electrons. The molecule has 0 N–H and O–H groups in total. The maximum Gasteiger partial charge on any atom is 0.270 e. The van der Waals surface area contributed by atoms with Crippen LogP contribution in [0.2, 0.25) is 0 Å². The second-order valence-corrected chi connectivity index (χ2v) is 8.41. The fraction of sp³-hybridized carbons (Fsp3) is 0.160. The van der Waals surface area contributed by atoms with E-state index in [1.807, 2.05) is 19.1 Å². The molecule has 9 heteroatoms. The molecule has 8 nitrogen and oxygen atoms in total. The number of β-lactam (4-membered cyclic amide) rings is 1. The zero-order valence-electron chi connectivity index (χ0n) is 18.2. The smallest absolute Gasteiger partial charge is 0.270 e. The van der Waals surface area contributed by atoms with Gasteiger partial charge in [0.05, 0.1) is 22.1 Å². The lowest BCUT2D eigenvalue weighted by atomic mass is 9.86. The monoisotopic (exact) mass is 459 g/mol. The predicted octanol–water partition coefficient (Wildman–Crippen LogP) is 4.10. The number of amides is 3. The number of fused-ring (bicyclic) bond motifs is 1. The molecule has 2 atom stereocenters. The van der Waals surface area contributed by atoms with E-state index >= 15 is 0 Å². The average molecular weight is 459 g/mol. The first-order valence-corrected chi connectivity index (χ1v) is 10.5. The van der Waals surface area contributed by atoms with Crippen molar-refractivity contribution in [3.8, 4) is 0 Å². The highest BCUT2D eigenvalue weighted by Crippen LogP contribution is 2.44. The Morgan fingerprint density at radius 3 is 2.15 bits per heavy atom. The quantitative estimate of drug-likeness (QED) is 0.253. The molecule has 0 bridgehead atoms. The maximum absolute atomic E-state index is 14.3. The first kappa shape index (κ1) is 21.4. The number of non-ortho nitro benzene ring substituents is 1. The Morgan fingerprint density at radius 1 is 0.824 bits per heavy atom. The number of nitrogens with zero attached hydrogens (tertiary/aromatic N) is 3. The molecule has 2 heterocycles. The van der Waals surface area contributed by atoms with Crippen molar-refractivity contribution in [1.82, 2.24) is 4.90 Å². The number of hydrogen-bond donors (Lipinski definition) is 0. The molecular weight excluding hydrogens is 441 g/mol. The molecule has 34 heavy (non-hydrogen) atoms. The minimum Gasteiger partial charge on any atom is -0.300 e. The molecule has 0 aliphatic carbocycles. The summed E-state index contributed by atoms with van der Waals surface area (Å²) in [4.78, 5) is 52.4. The van der Waals surface area contributed by atoms with Gasteiger partial charge in [-0.15, -0.1) is 0 Å². The summed E-state index contributed by atoms with van der Waals surface area (Å²) in [6.07, 6.45) is 0. The molecule has 0 radical (unpaired) electrons. The first-order chi connectivity index (χ1) is 16.2. The van der Waals surface area contributed by atoms with Crippen molar-refractivity contribution in [2.45, 2.75) is 25.9 Å². The van der Waals surface area contributed by atoms with Crippen LogP contribution >= 0.6 is 0 Å². The second-order valence-electron chi connectivity index (χ2n) is 8.41. The summed E-state index contributed by atoms with van der Waals surface area (Å²) < 4.78 is 14.3. The van der Waals surface area contributed by atoms with Gasteiger partial charge in [0, 0.05) is 17.8 Å². The zero-order chi connectivity index (χ0) is 24.3.